The van der Waals surface area contributed by atoms with Gasteiger partial charge in [-0.15, -0.1) is 0 Å². The number of carbonyl (C=O) groups excluding carboxylic acids is 3. The molecule has 324 valence electrons. The quantitative estimate of drug-likeness (QED) is 0.0217. The van der Waals surface area contributed by atoms with E-state index in [4.69, 9.17) is 9.47 Å². The molecule has 0 aliphatic carbocycles. The third-order valence-corrected chi connectivity index (χ3v) is 13.9. The summed E-state index contributed by atoms with van der Waals surface area (Å²) >= 11 is 1.86. The molecule has 1 aromatic heterocycles. The van der Waals surface area contributed by atoms with Crippen molar-refractivity contribution in [1.29, 1.82) is 0 Å². The zero-order valence-electron chi connectivity index (χ0n) is 34.6. The molecule has 0 aromatic carbocycles. The molecule has 8 atom stereocenters. The molecule has 3 aliphatic heterocycles. The zero-order chi connectivity index (χ0) is 41.6. The molecule has 0 bridgehead atoms. The number of aromatic nitrogens is 2. The van der Waals surface area contributed by atoms with Crippen molar-refractivity contribution in [1.82, 2.24) is 30.8 Å². The molecule has 4 heterocycles. The second-order valence-electron chi connectivity index (χ2n) is 13.2. The Kier molecular flexibility index (Phi) is 29.5. The van der Waals surface area contributed by atoms with Gasteiger partial charge in [-0.05, 0) is 31.7 Å². The Morgan fingerprint density at radius 3 is 2.23 bits per heavy atom. The summed E-state index contributed by atoms with van der Waals surface area (Å²) in [5.41, 5.74) is -0.798. The van der Waals surface area contributed by atoms with Crippen LogP contribution in [0.1, 0.15) is 64.0 Å². The molecule has 4 rings (SSSR count). The monoisotopic (exact) mass is 917 g/mol. The Morgan fingerprint density at radius 1 is 0.902 bits per heavy atom. The van der Waals surface area contributed by atoms with Crippen LogP contribution < -0.4 is 127 Å². The fourth-order valence-corrected chi connectivity index (χ4v) is 10.5. The van der Waals surface area contributed by atoms with Crippen LogP contribution >= 0.6 is 35.2 Å². The van der Waals surface area contributed by atoms with Crippen LogP contribution in [0.2, 0.25) is 0 Å². The third kappa shape index (κ3) is 22.8. The predicted molar refractivity (Wildman–Crippen MR) is 192 cm³/mol. The Morgan fingerprint density at radius 2 is 1.56 bits per heavy atom. The van der Waals surface area contributed by atoms with E-state index in [1.54, 1.807) is 0 Å². The number of phosphoric acid groups is 3. The third-order valence-electron chi connectivity index (χ3n) is 8.75. The number of hydrogen-bond acceptors (Lipinski definition) is 20. The van der Waals surface area contributed by atoms with Crippen LogP contribution in [0.15, 0.2) is 17.1 Å². The molecule has 6 N–H and O–H groups in total. The molecule has 3 saturated heterocycles. The van der Waals surface area contributed by atoms with Gasteiger partial charge in [-0.25, -0.2) is 13.9 Å². The molecule has 0 radical (unpaired) electrons. The maximum atomic E-state index is 12.6. The first kappa shape index (κ1) is 60.9. The summed E-state index contributed by atoms with van der Waals surface area (Å²) in [5, 5.41) is 25.1. The maximum Gasteiger partial charge on any atom is 1.00 e. The summed E-state index contributed by atoms with van der Waals surface area (Å²) in [7, 11) is -18.1. The van der Waals surface area contributed by atoms with Crippen LogP contribution in [0.4, 0.5) is 10.6 Å². The van der Waals surface area contributed by atoms with Gasteiger partial charge in [0.1, 0.15) is 18.1 Å². The normalized spacial score (nSPS) is 23.5. The average molecular weight is 917 g/mol. The van der Waals surface area contributed by atoms with Gasteiger partial charge >= 0.3 is 87.2 Å². The summed E-state index contributed by atoms with van der Waals surface area (Å²) in [6.45, 7) is 0.576. The molecule has 4 amide bonds. The molecule has 3 aliphatic rings. The van der Waals surface area contributed by atoms with Crippen LogP contribution in [-0.2, 0) is 45.9 Å². The first-order valence-corrected chi connectivity index (χ1v) is 23.5. The smallest absolute Gasteiger partial charge is 0.790 e. The van der Waals surface area contributed by atoms with Gasteiger partial charge in [0, 0.05) is 56.1 Å². The molecule has 61 heavy (non-hydrogen) atoms. The van der Waals surface area contributed by atoms with Crippen molar-refractivity contribution in [3.05, 3.63) is 22.7 Å². The standard InChI is InChI=1S/C29H50N7O17P3S.4Li/c37-20-16-26(51-21(20)17-50-55(45,46)53-56(47,48)52-54(42,43)44)36-13-9-23(34-29(36)41)30-11-14-49-15-12-32-25(39)7-2-1-5-10-31-24(38)8-4-3-6-22-27-19(18-57-22)33-28(40)35-27;;;;/h9,13,19-22,26-27,37H,1-8,10-12,14-18H2,(H,31,38)(H,32,39)(H,45,46)(H,47,48)(H,30,34,41)(H2,33,35,40)(H2,42,43,44);;;;/q;4*+1/p-4. The van der Waals surface area contributed by atoms with Crippen LogP contribution in [0, 0.1) is 0 Å². The van der Waals surface area contributed by atoms with Crippen molar-refractivity contribution >= 4 is 58.9 Å². The minimum Gasteiger partial charge on any atom is -0.790 e. The average Bonchev–Trinajstić information content (AvgIpc) is 3.78. The van der Waals surface area contributed by atoms with Crippen LogP contribution in [0.5, 0.6) is 0 Å². The Bertz CT molecular complexity index is 1740. The summed E-state index contributed by atoms with van der Waals surface area (Å²) in [4.78, 5) is 96.1. The van der Waals surface area contributed by atoms with E-state index in [-0.39, 0.29) is 137 Å². The maximum absolute atomic E-state index is 12.6. The van der Waals surface area contributed by atoms with Gasteiger partial charge in [-0.1, -0.05) is 12.8 Å². The summed E-state index contributed by atoms with van der Waals surface area (Å²) in [5.74, 6) is 1.01. The van der Waals surface area contributed by atoms with E-state index in [0.29, 0.717) is 37.6 Å². The van der Waals surface area contributed by atoms with E-state index in [1.807, 2.05) is 11.8 Å². The number of unbranched alkanes of at least 4 members (excludes halogenated alkanes) is 3. The molecule has 1 aromatic rings. The summed E-state index contributed by atoms with van der Waals surface area (Å²) < 4.78 is 56.3. The van der Waals surface area contributed by atoms with Gasteiger partial charge < -0.3 is 69.8 Å². The van der Waals surface area contributed by atoms with Gasteiger partial charge in [-0.2, -0.15) is 16.7 Å². The van der Waals surface area contributed by atoms with Gasteiger partial charge in [0.2, 0.25) is 11.8 Å². The van der Waals surface area contributed by atoms with Crippen molar-refractivity contribution in [3.8, 4) is 0 Å². The molecule has 24 nitrogen and oxygen atoms in total. The first-order valence-electron chi connectivity index (χ1n) is 18.1. The van der Waals surface area contributed by atoms with E-state index in [1.165, 1.54) is 12.3 Å². The van der Waals surface area contributed by atoms with E-state index in [9.17, 15) is 57.6 Å². The second kappa shape index (κ2) is 29.5. The Labute approximate surface area is 404 Å². The van der Waals surface area contributed by atoms with Crippen LogP contribution in [0.3, 0.4) is 0 Å². The van der Waals surface area contributed by atoms with Gasteiger partial charge in [0.25, 0.3) is 15.6 Å². The number of urea groups is 1. The van der Waals surface area contributed by atoms with E-state index in [0.717, 1.165) is 42.4 Å². The molecule has 0 saturated carbocycles. The minimum atomic E-state index is -6.16. The van der Waals surface area contributed by atoms with Crippen molar-refractivity contribution in [3.63, 3.8) is 0 Å². The van der Waals surface area contributed by atoms with Crippen molar-refractivity contribution in [2.75, 3.05) is 50.5 Å². The first-order chi connectivity index (χ1) is 26.9. The summed E-state index contributed by atoms with van der Waals surface area (Å²) in [6, 6.07) is 1.71. The number of amides is 4. The van der Waals surface area contributed by atoms with E-state index < -0.39 is 54.2 Å². The van der Waals surface area contributed by atoms with E-state index in [2.05, 4.69) is 44.7 Å². The topological polar surface area (TPSA) is 356 Å². The molecular formula is C29H46Li4N7O17P3S. The minimum absolute atomic E-state index is 0. The molecule has 32 heteroatoms. The number of hydrogen-bond donors (Lipinski definition) is 6. The number of nitrogens with zero attached hydrogens (tertiary/aromatic N) is 2. The van der Waals surface area contributed by atoms with Gasteiger partial charge in [-0.3, -0.25) is 27.6 Å². The van der Waals surface area contributed by atoms with E-state index >= 15 is 0 Å². The molecule has 0 spiro atoms. The number of fused-ring (bicyclic) bond motifs is 1. The predicted octanol–water partition coefficient (Wildman–Crippen LogP) is -14.3. The number of aliphatic hydroxyl groups excluding tert-OH is 1. The van der Waals surface area contributed by atoms with Crippen molar-refractivity contribution < 1.29 is 151 Å². The van der Waals surface area contributed by atoms with Crippen LogP contribution in [0.25, 0.3) is 0 Å². The summed E-state index contributed by atoms with van der Waals surface area (Å²) in [6.07, 6.45) is 2.90. The van der Waals surface area contributed by atoms with Crippen LogP contribution in [-0.4, -0.2) is 107 Å². The van der Waals surface area contributed by atoms with Gasteiger partial charge in [0.05, 0.1) is 45.8 Å². The number of rotatable bonds is 26. The number of anilines is 1. The SMILES string of the molecule is O=C(CCCCC1SCC2NC(=O)NC21)NCCCCCC(=O)NCCOCCNc1ccn(C2CC(O)C(COP(=O)([O-])OP(=O)([O-])OP(=O)([O-])[O-])O2)c(=O)n1.[Li+].[Li+].[Li+].[Li+]. The fourth-order valence-electron chi connectivity index (χ4n) is 6.10. The Balaban J connectivity index is 0.00000900. The molecule has 8 unspecified atom stereocenters. The Hall–Kier alpha value is -0.0804. The number of phosphoric ester groups is 1. The number of aliphatic hydroxyl groups is 1. The largest absolute Gasteiger partial charge is 1.00 e. The fraction of sp³-hybridized carbons (Fsp3) is 0.759. The zero-order valence-corrected chi connectivity index (χ0v) is 38.1. The number of ether oxygens (including phenoxy) is 2. The van der Waals surface area contributed by atoms with Gasteiger partial charge in [0.15, 0.2) is 0 Å². The molecule has 3 fully saturated rings. The number of thioether (sulfide) groups is 1. The number of nitrogens with one attached hydrogen (secondary N) is 5. The van der Waals surface area contributed by atoms with Crippen molar-refractivity contribution in [2.24, 2.45) is 0 Å². The second-order valence-corrected chi connectivity index (χ2v) is 18.7. The number of carbonyl (C=O) groups is 3. The van der Waals surface area contributed by atoms with Crippen molar-refractivity contribution in [2.45, 2.75) is 93.6 Å². The molecular weight excluding hydrogens is 871 g/mol.